The van der Waals surface area contributed by atoms with Crippen LogP contribution in [0, 0.1) is 13.8 Å². The normalized spacial score (nSPS) is 11.7. The van der Waals surface area contributed by atoms with Gasteiger partial charge in [0.25, 0.3) is 0 Å². The molecule has 1 N–H and O–H groups in total. The van der Waals surface area contributed by atoms with Gasteiger partial charge in [0, 0.05) is 13.1 Å². The average Bonchev–Trinajstić information content (AvgIpc) is 2.65. The summed E-state index contributed by atoms with van der Waals surface area (Å²) in [6.45, 7) is 8.89. The van der Waals surface area contributed by atoms with Crippen molar-refractivity contribution in [2.45, 2.75) is 53.1 Å². The highest BCUT2D eigenvalue weighted by Gasteiger charge is 2.26. The first-order valence-electron chi connectivity index (χ1n) is 9.59. The number of nitrogens with one attached hydrogen (secondary N) is 1. The van der Waals surface area contributed by atoms with Crippen LogP contribution in [0.1, 0.15) is 42.5 Å². The Bertz CT molecular complexity index is 785. The molecule has 4 heteroatoms. The van der Waals surface area contributed by atoms with Crippen LogP contribution >= 0.6 is 0 Å². The molecule has 2 amide bonds. The van der Waals surface area contributed by atoms with Crippen molar-refractivity contribution in [2.24, 2.45) is 0 Å². The summed E-state index contributed by atoms with van der Waals surface area (Å²) < 4.78 is 0. The molecule has 2 aromatic rings. The van der Waals surface area contributed by atoms with Crippen LogP contribution in [0.5, 0.6) is 0 Å². The van der Waals surface area contributed by atoms with E-state index in [1.807, 2.05) is 63.2 Å². The van der Waals surface area contributed by atoms with Crippen LogP contribution in [-0.4, -0.2) is 29.3 Å². The molecule has 0 unspecified atom stereocenters. The number of carbonyl (C=O) groups excluding carboxylic acids is 2. The van der Waals surface area contributed by atoms with E-state index in [1.54, 1.807) is 11.8 Å². The van der Waals surface area contributed by atoms with E-state index < -0.39 is 6.04 Å². The van der Waals surface area contributed by atoms with Crippen molar-refractivity contribution in [3.05, 3.63) is 70.8 Å². The summed E-state index contributed by atoms with van der Waals surface area (Å²) in [7, 11) is 0. The lowest BCUT2D eigenvalue weighted by Gasteiger charge is -2.29. The number of amides is 2. The fourth-order valence-electron chi connectivity index (χ4n) is 3.06. The number of hydrogen-bond acceptors (Lipinski definition) is 2. The van der Waals surface area contributed by atoms with Crippen molar-refractivity contribution in [3.8, 4) is 0 Å². The second-order valence-corrected chi connectivity index (χ2v) is 7.08. The van der Waals surface area contributed by atoms with Crippen LogP contribution in [0.3, 0.4) is 0 Å². The van der Waals surface area contributed by atoms with Gasteiger partial charge in [0.15, 0.2) is 0 Å². The fourth-order valence-corrected chi connectivity index (χ4v) is 3.06. The molecule has 0 saturated carbocycles. The molecule has 0 heterocycles. The fraction of sp³-hybridized carbons (Fsp3) is 0.391. The van der Waals surface area contributed by atoms with Crippen LogP contribution in [-0.2, 0) is 22.6 Å². The number of nitrogens with zero attached hydrogens (tertiary/aromatic N) is 1. The molecule has 1 atom stereocenters. The van der Waals surface area contributed by atoms with Crippen molar-refractivity contribution in [3.63, 3.8) is 0 Å². The third-order valence-electron chi connectivity index (χ3n) is 4.75. The first kappa shape index (κ1) is 20.7. The van der Waals surface area contributed by atoms with E-state index in [9.17, 15) is 9.59 Å². The predicted octanol–water partition coefficient (Wildman–Crippen LogP) is 3.79. The molecule has 0 radical (unpaired) electrons. The molecule has 2 aromatic carbocycles. The van der Waals surface area contributed by atoms with Crippen LogP contribution in [0.4, 0.5) is 0 Å². The molecule has 4 nitrogen and oxygen atoms in total. The number of aryl methyl sites for hydroxylation is 2. The highest BCUT2D eigenvalue weighted by atomic mass is 16.2. The van der Waals surface area contributed by atoms with Gasteiger partial charge < -0.3 is 10.2 Å². The molecule has 0 aliphatic rings. The van der Waals surface area contributed by atoms with Gasteiger partial charge in [-0.05, 0) is 43.9 Å². The standard InChI is InChI=1S/C23H30N2O2/c1-5-13-24-23(27)19(4)25(16-20-11-8-9-17(2)14-20)22(26)15-21-12-7-6-10-18(21)3/h6-12,14,19H,5,13,15-16H2,1-4H3,(H,24,27)/t19-/m1/s1. The van der Waals surface area contributed by atoms with Gasteiger partial charge >= 0.3 is 0 Å². The van der Waals surface area contributed by atoms with Crippen molar-refractivity contribution in [2.75, 3.05) is 6.54 Å². The third-order valence-corrected chi connectivity index (χ3v) is 4.75. The summed E-state index contributed by atoms with van der Waals surface area (Å²) in [5.74, 6) is -0.146. The molecule has 144 valence electrons. The zero-order chi connectivity index (χ0) is 19.8. The number of carbonyl (C=O) groups is 2. The van der Waals surface area contributed by atoms with Gasteiger partial charge in [-0.25, -0.2) is 0 Å². The maximum atomic E-state index is 13.1. The Morgan fingerprint density at radius 3 is 2.48 bits per heavy atom. The largest absolute Gasteiger partial charge is 0.354 e. The molecule has 0 spiro atoms. The van der Waals surface area contributed by atoms with E-state index in [-0.39, 0.29) is 11.8 Å². The van der Waals surface area contributed by atoms with Gasteiger partial charge in [-0.3, -0.25) is 9.59 Å². The highest BCUT2D eigenvalue weighted by molar-refractivity contribution is 5.88. The molecule has 0 bridgehead atoms. The quantitative estimate of drug-likeness (QED) is 0.773. The summed E-state index contributed by atoms with van der Waals surface area (Å²) >= 11 is 0. The second-order valence-electron chi connectivity index (χ2n) is 7.08. The van der Waals surface area contributed by atoms with Crippen LogP contribution < -0.4 is 5.32 Å². The summed E-state index contributed by atoms with van der Waals surface area (Å²) in [4.78, 5) is 27.3. The van der Waals surface area contributed by atoms with Crippen molar-refractivity contribution in [1.82, 2.24) is 10.2 Å². The van der Waals surface area contributed by atoms with Crippen LogP contribution in [0.25, 0.3) is 0 Å². The molecule has 2 rings (SSSR count). The number of benzene rings is 2. The highest BCUT2D eigenvalue weighted by Crippen LogP contribution is 2.15. The van der Waals surface area contributed by atoms with E-state index in [1.165, 1.54) is 0 Å². The first-order valence-corrected chi connectivity index (χ1v) is 9.59. The molecule has 0 aliphatic carbocycles. The smallest absolute Gasteiger partial charge is 0.242 e. The first-order chi connectivity index (χ1) is 12.9. The molecular weight excluding hydrogens is 336 g/mol. The predicted molar refractivity (Wildman–Crippen MR) is 109 cm³/mol. The van der Waals surface area contributed by atoms with Gasteiger partial charge in [0.1, 0.15) is 6.04 Å². The minimum atomic E-state index is -0.520. The van der Waals surface area contributed by atoms with E-state index in [4.69, 9.17) is 0 Å². The minimum absolute atomic E-state index is 0.0371. The lowest BCUT2D eigenvalue weighted by Crippen LogP contribution is -2.48. The van der Waals surface area contributed by atoms with Gasteiger partial charge in [-0.2, -0.15) is 0 Å². The van der Waals surface area contributed by atoms with E-state index in [0.717, 1.165) is 28.7 Å². The zero-order valence-electron chi connectivity index (χ0n) is 16.8. The zero-order valence-corrected chi connectivity index (χ0v) is 16.8. The van der Waals surface area contributed by atoms with E-state index in [2.05, 4.69) is 11.4 Å². The maximum Gasteiger partial charge on any atom is 0.242 e. The monoisotopic (exact) mass is 366 g/mol. The summed E-state index contributed by atoms with van der Waals surface area (Å²) in [6, 6.07) is 15.4. The molecule has 27 heavy (non-hydrogen) atoms. The Kier molecular flexibility index (Phi) is 7.59. The van der Waals surface area contributed by atoms with E-state index >= 15 is 0 Å². The van der Waals surface area contributed by atoms with Gasteiger partial charge in [-0.15, -0.1) is 0 Å². The second kappa shape index (κ2) is 9.91. The van der Waals surface area contributed by atoms with Crippen LogP contribution in [0.2, 0.25) is 0 Å². The molecule has 0 aromatic heterocycles. The van der Waals surface area contributed by atoms with Gasteiger partial charge in [0.05, 0.1) is 6.42 Å². The Morgan fingerprint density at radius 2 is 1.81 bits per heavy atom. The van der Waals surface area contributed by atoms with Gasteiger partial charge in [0.2, 0.25) is 11.8 Å². The Morgan fingerprint density at radius 1 is 1.07 bits per heavy atom. The van der Waals surface area contributed by atoms with Crippen LogP contribution in [0.15, 0.2) is 48.5 Å². The SMILES string of the molecule is CCCNC(=O)[C@@H](C)N(Cc1cccc(C)c1)C(=O)Cc1ccccc1C. The summed E-state index contributed by atoms with van der Waals surface area (Å²) in [5, 5.41) is 2.91. The maximum absolute atomic E-state index is 13.1. The third kappa shape index (κ3) is 5.95. The van der Waals surface area contributed by atoms with Crippen molar-refractivity contribution >= 4 is 11.8 Å². The molecule has 0 aliphatic heterocycles. The minimum Gasteiger partial charge on any atom is -0.354 e. The molecular formula is C23H30N2O2. The lowest BCUT2D eigenvalue weighted by molar-refractivity contribution is -0.140. The topological polar surface area (TPSA) is 49.4 Å². The number of rotatable bonds is 8. The average molecular weight is 367 g/mol. The van der Waals surface area contributed by atoms with Crippen molar-refractivity contribution < 1.29 is 9.59 Å². The van der Waals surface area contributed by atoms with E-state index in [0.29, 0.717) is 19.5 Å². The van der Waals surface area contributed by atoms with Crippen molar-refractivity contribution in [1.29, 1.82) is 0 Å². The summed E-state index contributed by atoms with van der Waals surface area (Å²) in [5.41, 5.74) is 4.26. The Labute approximate surface area is 162 Å². The Hall–Kier alpha value is -2.62. The van der Waals surface area contributed by atoms with Gasteiger partial charge in [-0.1, -0.05) is 61.0 Å². The Balaban J connectivity index is 2.23. The lowest BCUT2D eigenvalue weighted by atomic mass is 10.0. The summed E-state index contributed by atoms with van der Waals surface area (Å²) in [6.07, 6.45) is 1.16. The number of hydrogen-bond donors (Lipinski definition) is 1. The molecule has 0 fully saturated rings. The molecule has 0 saturated heterocycles.